The summed E-state index contributed by atoms with van der Waals surface area (Å²) in [5.41, 5.74) is -0.666. The minimum atomic E-state index is -0.666. The molecule has 1 aliphatic heterocycles. The van der Waals surface area contributed by atoms with Gasteiger partial charge in [-0.3, -0.25) is 9.69 Å². The minimum absolute atomic E-state index is 0.217. The lowest BCUT2D eigenvalue weighted by Gasteiger charge is -2.37. The molecule has 0 atom stereocenters. The largest absolute Gasteiger partial charge is 0.389 e. The van der Waals surface area contributed by atoms with E-state index < -0.39 is 5.60 Å². The highest BCUT2D eigenvalue weighted by Crippen LogP contribution is 2.17. The third kappa shape index (κ3) is 4.58. The van der Waals surface area contributed by atoms with Gasteiger partial charge in [0, 0.05) is 42.5 Å². The molecule has 5 heteroatoms. The average molecular weight is 296 g/mol. The van der Waals surface area contributed by atoms with Gasteiger partial charge in [-0.2, -0.15) is 0 Å². The summed E-state index contributed by atoms with van der Waals surface area (Å²) in [6.45, 7) is 9.59. The zero-order valence-corrected chi connectivity index (χ0v) is 13.4. The molecule has 1 aromatic heterocycles. The lowest BCUT2D eigenvalue weighted by atomic mass is 10.1. The van der Waals surface area contributed by atoms with Crippen molar-refractivity contribution in [1.82, 2.24) is 9.80 Å². The van der Waals surface area contributed by atoms with Crippen LogP contribution in [0, 0.1) is 6.92 Å². The Balaban J connectivity index is 1.80. The average Bonchev–Trinajstić information content (AvgIpc) is 2.73. The van der Waals surface area contributed by atoms with Crippen molar-refractivity contribution >= 4 is 17.2 Å². The fraction of sp³-hybridized carbons (Fsp3) is 0.667. The Morgan fingerprint density at radius 1 is 1.30 bits per heavy atom. The molecule has 4 nitrogen and oxygen atoms in total. The number of hydrogen-bond acceptors (Lipinski definition) is 4. The molecule has 0 radical (unpaired) electrons. The van der Waals surface area contributed by atoms with Gasteiger partial charge in [0.25, 0.3) is 0 Å². The van der Waals surface area contributed by atoms with Gasteiger partial charge < -0.3 is 10.0 Å². The number of amides is 1. The van der Waals surface area contributed by atoms with Crippen molar-refractivity contribution in [2.45, 2.75) is 32.8 Å². The van der Waals surface area contributed by atoms with Gasteiger partial charge in [-0.1, -0.05) is 0 Å². The van der Waals surface area contributed by atoms with Crippen molar-refractivity contribution in [1.29, 1.82) is 0 Å². The summed E-state index contributed by atoms with van der Waals surface area (Å²) in [5.74, 6) is 0.217. The monoisotopic (exact) mass is 296 g/mol. The van der Waals surface area contributed by atoms with E-state index in [0.717, 1.165) is 31.1 Å². The summed E-state index contributed by atoms with van der Waals surface area (Å²) < 4.78 is 0. The molecule has 0 unspecified atom stereocenters. The number of piperazine rings is 1. The predicted molar refractivity (Wildman–Crippen MR) is 82.1 cm³/mol. The zero-order chi connectivity index (χ0) is 14.8. The van der Waals surface area contributed by atoms with E-state index in [1.165, 1.54) is 4.88 Å². The van der Waals surface area contributed by atoms with Gasteiger partial charge in [0.15, 0.2) is 0 Å². The second-order valence-corrected chi connectivity index (χ2v) is 7.53. The lowest BCUT2D eigenvalue weighted by Crippen LogP contribution is -2.52. The lowest BCUT2D eigenvalue weighted by molar-refractivity contribution is -0.132. The van der Waals surface area contributed by atoms with Crippen molar-refractivity contribution in [3.63, 3.8) is 0 Å². The van der Waals surface area contributed by atoms with E-state index in [1.807, 2.05) is 24.8 Å². The molecule has 0 spiro atoms. The Labute approximate surface area is 125 Å². The standard InChI is InChI=1S/C15H24N2O2S/c1-12-4-5-13(20-12)10-14(18)17-8-6-16(7-9-17)11-15(2,3)19/h4-5,19H,6-11H2,1-3H3. The first-order chi connectivity index (χ1) is 9.33. The third-order valence-electron chi connectivity index (χ3n) is 3.46. The van der Waals surface area contributed by atoms with Crippen LogP contribution in [-0.4, -0.2) is 59.1 Å². The van der Waals surface area contributed by atoms with E-state index in [1.54, 1.807) is 11.3 Å². The zero-order valence-electron chi connectivity index (χ0n) is 12.6. The first-order valence-electron chi connectivity index (χ1n) is 7.11. The molecule has 1 aliphatic rings. The Bertz CT molecular complexity index is 457. The summed E-state index contributed by atoms with van der Waals surface area (Å²) in [7, 11) is 0. The molecule has 1 N–H and O–H groups in total. The number of thiophene rings is 1. The number of hydrogen-bond donors (Lipinski definition) is 1. The number of nitrogens with zero attached hydrogens (tertiary/aromatic N) is 2. The van der Waals surface area contributed by atoms with E-state index in [2.05, 4.69) is 17.9 Å². The number of aryl methyl sites for hydroxylation is 1. The fourth-order valence-corrected chi connectivity index (χ4v) is 3.42. The van der Waals surface area contributed by atoms with Crippen molar-refractivity contribution in [3.8, 4) is 0 Å². The second kappa shape index (κ2) is 6.24. The number of β-amino-alcohol motifs (C(OH)–C–C–N with tert-alkyl or cyclic N) is 1. The highest BCUT2D eigenvalue weighted by molar-refractivity contribution is 7.12. The van der Waals surface area contributed by atoms with E-state index >= 15 is 0 Å². The Morgan fingerprint density at radius 3 is 2.45 bits per heavy atom. The molecule has 2 rings (SSSR count). The van der Waals surface area contributed by atoms with E-state index in [0.29, 0.717) is 13.0 Å². The minimum Gasteiger partial charge on any atom is -0.389 e. The van der Waals surface area contributed by atoms with Crippen LogP contribution in [0.4, 0.5) is 0 Å². The number of aliphatic hydroxyl groups is 1. The normalized spacial score (nSPS) is 17.5. The van der Waals surface area contributed by atoms with Crippen molar-refractivity contribution in [3.05, 3.63) is 21.9 Å². The van der Waals surface area contributed by atoms with Crippen LogP contribution in [0.2, 0.25) is 0 Å². The summed E-state index contributed by atoms with van der Waals surface area (Å²) in [5, 5.41) is 9.82. The second-order valence-electron chi connectivity index (χ2n) is 6.16. The van der Waals surface area contributed by atoms with Gasteiger partial charge in [-0.25, -0.2) is 0 Å². The first kappa shape index (κ1) is 15.5. The Hall–Kier alpha value is -0.910. The van der Waals surface area contributed by atoms with E-state index in [-0.39, 0.29) is 5.91 Å². The molecule has 0 aliphatic carbocycles. The van der Waals surface area contributed by atoms with Gasteiger partial charge in [-0.05, 0) is 32.9 Å². The van der Waals surface area contributed by atoms with Crippen molar-refractivity contribution in [2.24, 2.45) is 0 Å². The van der Waals surface area contributed by atoms with Crippen LogP contribution in [0.3, 0.4) is 0 Å². The maximum Gasteiger partial charge on any atom is 0.227 e. The summed E-state index contributed by atoms with van der Waals surface area (Å²) in [4.78, 5) is 18.8. The molecule has 1 amide bonds. The summed E-state index contributed by atoms with van der Waals surface area (Å²) in [6.07, 6.45) is 0.518. The van der Waals surface area contributed by atoms with Crippen LogP contribution in [0.25, 0.3) is 0 Å². The van der Waals surface area contributed by atoms with Gasteiger partial charge >= 0.3 is 0 Å². The quantitative estimate of drug-likeness (QED) is 0.916. The molecule has 2 heterocycles. The highest BCUT2D eigenvalue weighted by atomic mass is 32.1. The van der Waals surface area contributed by atoms with Crippen LogP contribution in [-0.2, 0) is 11.2 Å². The molecule has 1 fully saturated rings. The van der Waals surface area contributed by atoms with Gasteiger partial charge in [0.2, 0.25) is 5.91 Å². The maximum atomic E-state index is 12.2. The van der Waals surface area contributed by atoms with E-state index in [4.69, 9.17) is 0 Å². The van der Waals surface area contributed by atoms with Crippen LogP contribution < -0.4 is 0 Å². The van der Waals surface area contributed by atoms with Gasteiger partial charge in [-0.15, -0.1) is 11.3 Å². The number of rotatable bonds is 4. The SMILES string of the molecule is Cc1ccc(CC(=O)N2CCN(CC(C)(C)O)CC2)s1. The van der Waals surface area contributed by atoms with E-state index in [9.17, 15) is 9.90 Å². The molecule has 1 aromatic rings. The van der Waals surface area contributed by atoms with Crippen molar-refractivity contribution in [2.75, 3.05) is 32.7 Å². The Kier molecular flexibility index (Phi) is 4.83. The third-order valence-corrected chi connectivity index (χ3v) is 4.46. The smallest absolute Gasteiger partial charge is 0.227 e. The van der Waals surface area contributed by atoms with Crippen LogP contribution in [0.1, 0.15) is 23.6 Å². The van der Waals surface area contributed by atoms with Gasteiger partial charge in [0.1, 0.15) is 0 Å². The fourth-order valence-electron chi connectivity index (χ4n) is 2.54. The van der Waals surface area contributed by atoms with Gasteiger partial charge in [0.05, 0.1) is 12.0 Å². The molecule has 1 saturated heterocycles. The first-order valence-corrected chi connectivity index (χ1v) is 7.93. The molecule has 20 heavy (non-hydrogen) atoms. The molecule has 0 saturated carbocycles. The Morgan fingerprint density at radius 2 is 1.95 bits per heavy atom. The number of carbonyl (C=O) groups is 1. The van der Waals surface area contributed by atoms with Crippen LogP contribution in [0.15, 0.2) is 12.1 Å². The molecular formula is C15H24N2O2S. The highest BCUT2D eigenvalue weighted by Gasteiger charge is 2.25. The topological polar surface area (TPSA) is 43.8 Å². The predicted octanol–water partition coefficient (Wildman–Crippen LogP) is 1.51. The molecule has 112 valence electrons. The number of carbonyl (C=O) groups excluding carboxylic acids is 1. The maximum absolute atomic E-state index is 12.2. The molecule has 0 bridgehead atoms. The summed E-state index contributed by atoms with van der Waals surface area (Å²) >= 11 is 1.70. The molecular weight excluding hydrogens is 272 g/mol. The van der Waals surface area contributed by atoms with Crippen LogP contribution >= 0.6 is 11.3 Å². The van der Waals surface area contributed by atoms with Crippen LogP contribution in [0.5, 0.6) is 0 Å². The van der Waals surface area contributed by atoms with Crippen molar-refractivity contribution < 1.29 is 9.90 Å². The molecule has 0 aromatic carbocycles. The summed E-state index contributed by atoms with van der Waals surface area (Å²) in [6, 6.07) is 4.11.